The van der Waals surface area contributed by atoms with Crippen LogP contribution in [0.1, 0.15) is 12.5 Å². The predicted molar refractivity (Wildman–Crippen MR) is 54.6 cm³/mol. The molecule has 0 heterocycles. The third-order valence-electron chi connectivity index (χ3n) is 1.69. The van der Waals surface area contributed by atoms with Crippen LogP contribution < -0.4 is 5.32 Å². The second kappa shape index (κ2) is 4.45. The third-order valence-corrected chi connectivity index (χ3v) is 1.69. The lowest BCUT2D eigenvalue weighted by atomic mass is 10.1. The van der Waals surface area contributed by atoms with Gasteiger partial charge in [0.1, 0.15) is 0 Å². The summed E-state index contributed by atoms with van der Waals surface area (Å²) in [4.78, 5) is 10.8. The highest BCUT2D eigenvalue weighted by Crippen LogP contribution is 2.15. The van der Waals surface area contributed by atoms with Gasteiger partial charge in [0.05, 0.1) is 0 Å². The molecule has 1 aromatic carbocycles. The van der Waals surface area contributed by atoms with Crippen molar-refractivity contribution in [2.45, 2.75) is 13.3 Å². The van der Waals surface area contributed by atoms with Gasteiger partial charge in [-0.1, -0.05) is 24.3 Å². The van der Waals surface area contributed by atoms with Gasteiger partial charge in [-0.25, -0.2) is 0 Å². The number of allylic oxidation sites excluding steroid dienone is 1. The lowest BCUT2D eigenvalue weighted by molar-refractivity contribution is -0.114. The molecule has 1 N–H and O–H groups in total. The highest BCUT2D eigenvalue weighted by Gasteiger charge is 2.00. The van der Waals surface area contributed by atoms with E-state index in [1.807, 2.05) is 30.3 Å². The lowest BCUT2D eigenvalue weighted by Gasteiger charge is -2.06. The Morgan fingerprint density at radius 2 is 2.23 bits per heavy atom. The van der Waals surface area contributed by atoms with Gasteiger partial charge in [0, 0.05) is 12.6 Å². The summed E-state index contributed by atoms with van der Waals surface area (Å²) in [5, 5.41) is 2.77. The standard InChI is InChI=1S/C11H13NO/c1-3-6-10-7-4-5-8-11(10)12-9(2)13/h3-5,7-8H,1,6H2,2H3,(H,12,13). The highest BCUT2D eigenvalue weighted by molar-refractivity contribution is 5.89. The molecule has 2 nitrogen and oxygen atoms in total. The number of hydrogen-bond donors (Lipinski definition) is 1. The van der Waals surface area contributed by atoms with Crippen molar-refractivity contribution in [3.05, 3.63) is 42.5 Å². The Morgan fingerprint density at radius 1 is 1.54 bits per heavy atom. The molecule has 68 valence electrons. The van der Waals surface area contributed by atoms with Gasteiger partial charge in [0.15, 0.2) is 0 Å². The molecular weight excluding hydrogens is 162 g/mol. The summed E-state index contributed by atoms with van der Waals surface area (Å²) in [5.41, 5.74) is 1.96. The fourth-order valence-electron chi connectivity index (χ4n) is 1.17. The van der Waals surface area contributed by atoms with E-state index in [0.29, 0.717) is 0 Å². The van der Waals surface area contributed by atoms with Crippen molar-refractivity contribution in [1.29, 1.82) is 0 Å². The molecule has 2 heteroatoms. The van der Waals surface area contributed by atoms with E-state index in [2.05, 4.69) is 11.9 Å². The number of carbonyl (C=O) groups is 1. The molecule has 0 spiro atoms. The monoisotopic (exact) mass is 175 g/mol. The second-order valence-electron chi connectivity index (χ2n) is 2.83. The topological polar surface area (TPSA) is 29.1 Å². The first-order chi connectivity index (χ1) is 6.24. The molecule has 0 bridgehead atoms. The number of hydrogen-bond acceptors (Lipinski definition) is 1. The van der Waals surface area contributed by atoms with Gasteiger partial charge in [-0.2, -0.15) is 0 Å². The largest absolute Gasteiger partial charge is 0.326 e. The molecule has 0 saturated heterocycles. The summed E-state index contributed by atoms with van der Waals surface area (Å²) in [6.45, 7) is 5.17. The molecule has 0 unspecified atom stereocenters. The second-order valence-corrected chi connectivity index (χ2v) is 2.83. The van der Waals surface area contributed by atoms with Crippen molar-refractivity contribution in [1.82, 2.24) is 0 Å². The molecule has 0 aliphatic heterocycles. The summed E-state index contributed by atoms with van der Waals surface area (Å²) >= 11 is 0. The van der Waals surface area contributed by atoms with Crippen LogP contribution in [0.15, 0.2) is 36.9 Å². The maximum Gasteiger partial charge on any atom is 0.221 e. The van der Waals surface area contributed by atoms with Crippen molar-refractivity contribution in [2.24, 2.45) is 0 Å². The van der Waals surface area contributed by atoms with E-state index in [-0.39, 0.29) is 5.91 Å². The van der Waals surface area contributed by atoms with Crippen LogP contribution >= 0.6 is 0 Å². The fourth-order valence-corrected chi connectivity index (χ4v) is 1.17. The quantitative estimate of drug-likeness (QED) is 0.702. The smallest absolute Gasteiger partial charge is 0.221 e. The molecular formula is C11H13NO. The summed E-state index contributed by atoms with van der Waals surface area (Å²) in [7, 11) is 0. The lowest BCUT2D eigenvalue weighted by Crippen LogP contribution is -2.07. The zero-order chi connectivity index (χ0) is 9.68. The van der Waals surface area contributed by atoms with E-state index < -0.39 is 0 Å². The minimum atomic E-state index is -0.0449. The molecule has 13 heavy (non-hydrogen) atoms. The van der Waals surface area contributed by atoms with Crippen LogP contribution in [-0.2, 0) is 11.2 Å². The Hall–Kier alpha value is -1.57. The van der Waals surface area contributed by atoms with E-state index in [0.717, 1.165) is 17.7 Å². The van der Waals surface area contributed by atoms with Crippen LogP contribution in [0.2, 0.25) is 0 Å². The van der Waals surface area contributed by atoms with Crippen LogP contribution in [0.5, 0.6) is 0 Å². The van der Waals surface area contributed by atoms with Crippen LogP contribution in [0.3, 0.4) is 0 Å². The van der Waals surface area contributed by atoms with Crippen molar-refractivity contribution >= 4 is 11.6 Å². The Bertz CT molecular complexity index is 318. The summed E-state index contributed by atoms with van der Waals surface area (Å²) in [5.74, 6) is -0.0449. The molecule has 0 aromatic heterocycles. The molecule has 0 aliphatic rings. The number of benzene rings is 1. The highest BCUT2D eigenvalue weighted by atomic mass is 16.1. The van der Waals surface area contributed by atoms with Crippen molar-refractivity contribution in [3.63, 3.8) is 0 Å². The number of amides is 1. The maximum absolute atomic E-state index is 10.8. The summed E-state index contributed by atoms with van der Waals surface area (Å²) in [6.07, 6.45) is 2.59. The van der Waals surface area contributed by atoms with Gasteiger partial charge in [0.2, 0.25) is 5.91 Å². The Morgan fingerprint density at radius 3 is 2.85 bits per heavy atom. The molecule has 0 radical (unpaired) electrons. The first-order valence-electron chi connectivity index (χ1n) is 4.20. The number of nitrogens with one attached hydrogen (secondary N) is 1. The van der Waals surface area contributed by atoms with E-state index in [9.17, 15) is 4.79 Å². The van der Waals surface area contributed by atoms with Gasteiger partial charge in [-0.3, -0.25) is 4.79 Å². The van der Waals surface area contributed by atoms with Crippen molar-refractivity contribution in [2.75, 3.05) is 5.32 Å². The summed E-state index contributed by atoms with van der Waals surface area (Å²) < 4.78 is 0. The van der Waals surface area contributed by atoms with Gasteiger partial charge >= 0.3 is 0 Å². The first kappa shape index (κ1) is 9.52. The molecule has 0 saturated carbocycles. The maximum atomic E-state index is 10.8. The number of anilines is 1. The number of carbonyl (C=O) groups excluding carboxylic acids is 1. The Balaban J connectivity index is 2.90. The minimum Gasteiger partial charge on any atom is -0.326 e. The van der Waals surface area contributed by atoms with Gasteiger partial charge in [-0.05, 0) is 18.1 Å². The van der Waals surface area contributed by atoms with E-state index in [1.165, 1.54) is 6.92 Å². The average molecular weight is 175 g/mol. The normalized spacial score (nSPS) is 9.31. The van der Waals surface area contributed by atoms with E-state index in [1.54, 1.807) is 0 Å². The van der Waals surface area contributed by atoms with Gasteiger partial charge in [-0.15, -0.1) is 6.58 Å². The Kier molecular flexibility index (Phi) is 3.26. The number of rotatable bonds is 3. The molecule has 0 fully saturated rings. The van der Waals surface area contributed by atoms with Crippen LogP contribution in [-0.4, -0.2) is 5.91 Å². The predicted octanol–water partition coefficient (Wildman–Crippen LogP) is 2.37. The third kappa shape index (κ3) is 2.75. The van der Waals surface area contributed by atoms with Crippen molar-refractivity contribution < 1.29 is 4.79 Å². The van der Waals surface area contributed by atoms with Crippen LogP contribution in [0, 0.1) is 0 Å². The Labute approximate surface area is 78.3 Å². The van der Waals surface area contributed by atoms with Crippen molar-refractivity contribution in [3.8, 4) is 0 Å². The van der Waals surface area contributed by atoms with E-state index in [4.69, 9.17) is 0 Å². The number of para-hydroxylation sites is 1. The molecule has 1 rings (SSSR count). The van der Waals surface area contributed by atoms with Crippen LogP contribution in [0.4, 0.5) is 5.69 Å². The molecule has 0 atom stereocenters. The van der Waals surface area contributed by atoms with Gasteiger partial charge < -0.3 is 5.32 Å². The molecule has 1 amide bonds. The van der Waals surface area contributed by atoms with Gasteiger partial charge in [0.25, 0.3) is 0 Å². The first-order valence-corrected chi connectivity index (χ1v) is 4.20. The van der Waals surface area contributed by atoms with E-state index >= 15 is 0 Å². The SMILES string of the molecule is C=CCc1ccccc1NC(C)=O. The zero-order valence-electron chi connectivity index (χ0n) is 7.71. The molecule has 1 aromatic rings. The molecule has 0 aliphatic carbocycles. The average Bonchev–Trinajstić information content (AvgIpc) is 2.08. The summed E-state index contributed by atoms with van der Waals surface area (Å²) in [6, 6.07) is 7.72. The van der Waals surface area contributed by atoms with Crippen LogP contribution in [0.25, 0.3) is 0 Å². The fraction of sp³-hybridized carbons (Fsp3) is 0.182. The minimum absolute atomic E-state index is 0.0449. The zero-order valence-corrected chi connectivity index (χ0v) is 7.71.